The molecule has 0 aliphatic rings. The van der Waals surface area contributed by atoms with Gasteiger partial charge in [-0.1, -0.05) is 6.58 Å². The van der Waals surface area contributed by atoms with E-state index in [1.54, 1.807) is 0 Å². The van der Waals surface area contributed by atoms with E-state index in [9.17, 15) is 28.8 Å². The highest BCUT2D eigenvalue weighted by Gasteiger charge is 2.19. The predicted molar refractivity (Wildman–Crippen MR) is 118 cm³/mol. The summed E-state index contributed by atoms with van der Waals surface area (Å²) < 4.78 is 0. The Balaban J connectivity index is 4.90. The number of nitrogens with two attached hydrogens (primary N) is 1. The Labute approximate surface area is 196 Å². The number of carboxylic acid groups (broad SMARTS) is 3. The number of nitrogens with one attached hydrogen (secondary N) is 2. The minimum atomic E-state index is -1.19. The van der Waals surface area contributed by atoms with Gasteiger partial charge < -0.3 is 31.7 Å². The van der Waals surface area contributed by atoms with Crippen molar-refractivity contribution >= 4 is 35.6 Å². The lowest BCUT2D eigenvalue weighted by atomic mass is 10.3. The van der Waals surface area contributed by atoms with Gasteiger partial charge in [0.2, 0.25) is 17.7 Å². The molecule has 0 spiro atoms. The first-order valence-electron chi connectivity index (χ1n) is 10.2. The van der Waals surface area contributed by atoms with Crippen molar-refractivity contribution in [1.82, 2.24) is 25.3 Å². The summed E-state index contributed by atoms with van der Waals surface area (Å²) in [7, 11) is 0. The predicted octanol–water partition coefficient (Wildman–Crippen LogP) is -3.95. The molecule has 34 heavy (non-hydrogen) atoms. The van der Waals surface area contributed by atoms with Gasteiger partial charge in [0.05, 0.1) is 32.7 Å². The lowest BCUT2D eigenvalue weighted by Crippen LogP contribution is -2.47. The van der Waals surface area contributed by atoms with Gasteiger partial charge in [-0.25, -0.2) is 0 Å². The lowest BCUT2D eigenvalue weighted by molar-refractivity contribution is -0.141. The summed E-state index contributed by atoms with van der Waals surface area (Å²) in [6.07, 6.45) is 1.08. The van der Waals surface area contributed by atoms with Crippen LogP contribution in [0.4, 0.5) is 0 Å². The quantitative estimate of drug-likeness (QED) is 0.0713. The van der Waals surface area contributed by atoms with Gasteiger partial charge >= 0.3 is 17.9 Å². The molecule has 0 unspecified atom stereocenters. The second-order valence-corrected chi connectivity index (χ2v) is 7.19. The minimum absolute atomic E-state index is 0.0228. The SMILES string of the molecule is C=CC(=O)NCCNC(=O)CN(CCN(CCN(CC(N)=O)CC(=O)O)CC(=O)O)CC(=O)O. The molecule has 15 nitrogen and oxygen atoms in total. The number of primary amides is 1. The second-order valence-electron chi connectivity index (χ2n) is 7.19. The summed E-state index contributed by atoms with van der Waals surface area (Å²) in [6, 6.07) is 0. The summed E-state index contributed by atoms with van der Waals surface area (Å²) >= 11 is 0. The van der Waals surface area contributed by atoms with Crippen LogP contribution in [0.3, 0.4) is 0 Å². The molecular formula is C19H32N6O9. The molecular weight excluding hydrogens is 456 g/mol. The van der Waals surface area contributed by atoms with Crippen LogP contribution in [0.1, 0.15) is 0 Å². The summed E-state index contributed by atoms with van der Waals surface area (Å²) in [5, 5.41) is 32.2. The topological polar surface area (TPSA) is 223 Å². The van der Waals surface area contributed by atoms with E-state index in [0.717, 1.165) is 6.08 Å². The zero-order valence-corrected chi connectivity index (χ0v) is 18.8. The fraction of sp³-hybridized carbons (Fsp3) is 0.579. The van der Waals surface area contributed by atoms with E-state index >= 15 is 0 Å². The fourth-order valence-electron chi connectivity index (χ4n) is 2.78. The monoisotopic (exact) mass is 488 g/mol. The average Bonchev–Trinajstić information content (AvgIpc) is 2.70. The molecule has 0 bridgehead atoms. The largest absolute Gasteiger partial charge is 0.480 e. The highest BCUT2D eigenvalue weighted by atomic mass is 16.4. The number of carboxylic acids is 3. The van der Waals surface area contributed by atoms with E-state index in [0.29, 0.717) is 0 Å². The van der Waals surface area contributed by atoms with Crippen LogP contribution in [-0.4, -0.2) is 138 Å². The molecule has 15 heteroatoms. The Hall–Kier alpha value is -3.56. The molecule has 0 saturated heterocycles. The van der Waals surface area contributed by atoms with Crippen LogP contribution in [0, 0.1) is 0 Å². The van der Waals surface area contributed by atoms with Crippen LogP contribution in [0.25, 0.3) is 0 Å². The van der Waals surface area contributed by atoms with Crippen molar-refractivity contribution in [2.45, 2.75) is 0 Å². The third-order valence-electron chi connectivity index (χ3n) is 4.22. The zero-order valence-electron chi connectivity index (χ0n) is 18.8. The Morgan fingerprint density at radius 3 is 1.53 bits per heavy atom. The van der Waals surface area contributed by atoms with Crippen molar-refractivity contribution in [2.75, 3.05) is 72.0 Å². The van der Waals surface area contributed by atoms with E-state index in [-0.39, 0.29) is 52.4 Å². The zero-order chi connectivity index (χ0) is 26.1. The van der Waals surface area contributed by atoms with Gasteiger partial charge in [0, 0.05) is 39.3 Å². The highest BCUT2D eigenvalue weighted by molar-refractivity contribution is 5.86. The van der Waals surface area contributed by atoms with Gasteiger partial charge in [-0.2, -0.15) is 0 Å². The molecule has 0 aliphatic carbocycles. The molecule has 0 aliphatic heterocycles. The first-order chi connectivity index (χ1) is 15.9. The molecule has 7 N–H and O–H groups in total. The number of carbonyl (C=O) groups excluding carboxylic acids is 3. The third-order valence-corrected chi connectivity index (χ3v) is 4.22. The van der Waals surface area contributed by atoms with E-state index in [1.165, 1.54) is 14.7 Å². The van der Waals surface area contributed by atoms with Crippen molar-refractivity contribution < 1.29 is 44.1 Å². The highest BCUT2D eigenvalue weighted by Crippen LogP contribution is 1.97. The van der Waals surface area contributed by atoms with Crippen molar-refractivity contribution in [3.05, 3.63) is 12.7 Å². The van der Waals surface area contributed by atoms with Crippen molar-refractivity contribution in [3.8, 4) is 0 Å². The molecule has 0 saturated carbocycles. The van der Waals surface area contributed by atoms with Gasteiger partial charge in [0.15, 0.2) is 0 Å². The summed E-state index contributed by atoms with van der Waals surface area (Å²) in [6.45, 7) is 1.74. The maximum Gasteiger partial charge on any atom is 0.317 e. The fourth-order valence-corrected chi connectivity index (χ4v) is 2.78. The number of rotatable bonds is 20. The maximum atomic E-state index is 12.1. The van der Waals surface area contributed by atoms with Crippen molar-refractivity contribution in [1.29, 1.82) is 0 Å². The van der Waals surface area contributed by atoms with Crippen LogP contribution >= 0.6 is 0 Å². The molecule has 0 radical (unpaired) electrons. The molecule has 3 amide bonds. The number of nitrogens with zero attached hydrogens (tertiary/aromatic N) is 3. The van der Waals surface area contributed by atoms with Crippen LogP contribution in [-0.2, 0) is 28.8 Å². The Morgan fingerprint density at radius 1 is 0.676 bits per heavy atom. The standard InChI is InChI=1S/C19H32N6O9/c1-2-15(27)21-3-4-22-16(28)10-25(13-19(33)34)8-6-23(11-17(29)30)5-7-24(9-14(20)26)12-18(31)32/h2H,1,3-13H2,(H2,20,26)(H,21,27)(H,22,28)(H,29,30)(H,31,32)(H,33,34). The number of amides is 3. The van der Waals surface area contributed by atoms with Crippen LogP contribution < -0.4 is 16.4 Å². The Kier molecular flexibility index (Phi) is 15.2. The molecule has 0 atom stereocenters. The van der Waals surface area contributed by atoms with Gasteiger partial charge in [0.1, 0.15) is 0 Å². The molecule has 0 rings (SSSR count). The molecule has 0 aromatic heterocycles. The van der Waals surface area contributed by atoms with E-state index < -0.39 is 55.3 Å². The van der Waals surface area contributed by atoms with Crippen LogP contribution in [0.2, 0.25) is 0 Å². The van der Waals surface area contributed by atoms with Gasteiger partial charge in [-0.3, -0.25) is 43.5 Å². The summed E-state index contributed by atoms with van der Waals surface area (Å²) in [5.74, 6) is -5.18. The maximum absolute atomic E-state index is 12.1. The first kappa shape index (κ1) is 30.4. The molecule has 0 heterocycles. The molecule has 0 fully saturated rings. The third kappa shape index (κ3) is 17.0. The Bertz CT molecular complexity index is 730. The molecule has 0 aromatic rings. The minimum Gasteiger partial charge on any atom is -0.480 e. The van der Waals surface area contributed by atoms with Crippen molar-refractivity contribution in [2.24, 2.45) is 5.73 Å². The number of hydrogen-bond donors (Lipinski definition) is 6. The average molecular weight is 488 g/mol. The van der Waals surface area contributed by atoms with Gasteiger partial charge in [0.25, 0.3) is 0 Å². The van der Waals surface area contributed by atoms with E-state index in [4.69, 9.17) is 21.1 Å². The lowest BCUT2D eigenvalue weighted by Gasteiger charge is -2.27. The van der Waals surface area contributed by atoms with E-state index in [2.05, 4.69) is 17.2 Å². The van der Waals surface area contributed by atoms with Gasteiger partial charge in [-0.15, -0.1) is 0 Å². The Morgan fingerprint density at radius 2 is 1.09 bits per heavy atom. The first-order valence-corrected chi connectivity index (χ1v) is 10.2. The van der Waals surface area contributed by atoms with E-state index in [1.807, 2.05) is 0 Å². The van der Waals surface area contributed by atoms with Crippen LogP contribution in [0.15, 0.2) is 12.7 Å². The number of aliphatic carboxylic acids is 3. The normalized spacial score (nSPS) is 10.8. The molecule has 192 valence electrons. The van der Waals surface area contributed by atoms with Crippen molar-refractivity contribution in [3.63, 3.8) is 0 Å². The van der Waals surface area contributed by atoms with Crippen LogP contribution in [0.5, 0.6) is 0 Å². The van der Waals surface area contributed by atoms with Gasteiger partial charge in [-0.05, 0) is 6.08 Å². The smallest absolute Gasteiger partial charge is 0.317 e. The number of carbonyl (C=O) groups is 6. The summed E-state index contributed by atoms with van der Waals surface area (Å²) in [4.78, 5) is 71.6. The second kappa shape index (κ2) is 17.0. The number of hydrogen-bond acceptors (Lipinski definition) is 9. The summed E-state index contributed by atoms with van der Waals surface area (Å²) in [5.41, 5.74) is 5.11. The molecule has 0 aromatic carbocycles.